The van der Waals surface area contributed by atoms with E-state index in [-0.39, 0.29) is 11.4 Å². The molecule has 2 heterocycles. The van der Waals surface area contributed by atoms with E-state index in [1.54, 1.807) is 42.3 Å². The van der Waals surface area contributed by atoms with Crippen molar-refractivity contribution in [2.75, 3.05) is 0 Å². The van der Waals surface area contributed by atoms with Gasteiger partial charge in [0.05, 0.1) is 4.90 Å². The number of rotatable bonds is 5. The van der Waals surface area contributed by atoms with Gasteiger partial charge in [0.2, 0.25) is 10.0 Å². The van der Waals surface area contributed by atoms with Gasteiger partial charge in [-0.1, -0.05) is 6.07 Å². The lowest BCUT2D eigenvalue weighted by Gasteiger charge is -2.04. The van der Waals surface area contributed by atoms with E-state index in [1.165, 1.54) is 0 Å². The summed E-state index contributed by atoms with van der Waals surface area (Å²) in [5.74, 6) is 0. The van der Waals surface area contributed by atoms with Gasteiger partial charge in [0.25, 0.3) is 0 Å². The van der Waals surface area contributed by atoms with Crippen LogP contribution < -0.4 is 10.5 Å². The highest BCUT2D eigenvalue weighted by Crippen LogP contribution is 2.13. The van der Waals surface area contributed by atoms with E-state index in [0.717, 1.165) is 11.3 Å². The van der Waals surface area contributed by atoms with E-state index >= 15 is 0 Å². The molecule has 0 fully saturated rings. The molecule has 0 amide bonds. The predicted octanol–water partition coefficient (Wildman–Crippen LogP) is 0.357. The fourth-order valence-electron chi connectivity index (χ4n) is 1.69. The van der Waals surface area contributed by atoms with Crippen LogP contribution in [0.3, 0.4) is 0 Å². The molecular formula is C12H16N4O2S. The summed E-state index contributed by atoms with van der Waals surface area (Å²) in [4.78, 5) is 4.16. The topological polar surface area (TPSA) is 90.0 Å². The molecule has 2 aromatic heterocycles. The van der Waals surface area contributed by atoms with Gasteiger partial charge in [-0.25, -0.2) is 13.1 Å². The van der Waals surface area contributed by atoms with Gasteiger partial charge in [-0.2, -0.15) is 0 Å². The molecule has 6 nitrogen and oxygen atoms in total. The van der Waals surface area contributed by atoms with Crippen LogP contribution >= 0.6 is 0 Å². The van der Waals surface area contributed by atoms with Crippen molar-refractivity contribution in [3.63, 3.8) is 0 Å². The number of pyridine rings is 1. The summed E-state index contributed by atoms with van der Waals surface area (Å²) < 4.78 is 28.4. The van der Waals surface area contributed by atoms with Crippen molar-refractivity contribution < 1.29 is 8.42 Å². The molecule has 0 aliphatic heterocycles. The van der Waals surface area contributed by atoms with Crippen molar-refractivity contribution in [3.8, 4) is 0 Å². The number of nitrogens with zero attached hydrogens (tertiary/aromatic N) is 2. The summed E-state index contributed by atoms with van der Waals surface area (Å²) in [6, 6.07) is 5.15. The Labute approximate surface area is 112 Å². The lowest BCUT2D eigenvalue weighted by atomic mass is 10.3. The van der Waals surface area contributed by atoms with Crippen molar-refractivity contribution >= 4 is 10.0 Å². The van der Waals surface area contributed by atoms with Crippen molar-refractivity contribution in [2.24, 2.45) is 12.8 Å². The summed E-state index contributed by atoms with van der Waals surface area (Å²) in [7, 11) is -1.76. The van der Waals surface area contributed by atoms with Gasteiger partial charge in [0.15, 0.2) is 0 Å². The van der Waals surface area contributed by atoms with Gasteiger partial charge >= 0.3 is 0 Å². The molecule has 0 aromatic carbocycles. The molecule has 0 saturated heterocycles. The van der Waals surface area contributed by atoms with E-state index in [1.807, 2.05) is 6.07 Å². The monoisotopic (exact) mass is 280 g/mol. The minimum Gasteiger partial charge on any atom is -0.352 e. The zero-order valence-electron chi connectivity index (χ0n) is 10.6. The summed E-state index contributed by atoms with van der Waals surface area (Å²) in [5, 5.41) is 0. The minimum absolute atomic E-state index is 0.211. The van der Waals surface area contributed by atoms with Crippen LogP contribution in [0, 0.1) is 0 Å². The Kier molecular flexibility index (Phi) is 3.98. The predicted molar refractivity (Wildman–Crippen MR) is 71.6 cm³/mol. The van der Waals surface area contributed by atoms with Crippen LogP contribution in [0.5, 0.6) is 0 Å². The Balaban J connectivity index is 2.14. The van der Waals surface area contributed by atoms with E-state index in [0.29, 0.717) is 6.54 Å². The smallest absolute Gasteiger partial charge is 0.242 e. The number of nitrogens with two attached hydrogens (primary N) is 1. The standard InChI is InChI=1S/C12H16N4O2S/c1-16-9-12(5-11(16)6-13)19(17,18)15-8-10-3-2-4-14-7-10/h2-5,7,9,15H,6,8,13H2,1H3. The van der Waals surface area contributed by atoms with E-state index in [4.69, 9.17) is 5.73 Å². The Bertz CT molecular complexity index is 650. The first kappa shape index (κ1) is 13.7. The number of hydrogen-bond acceptors (Lipinski definition) is 4. The van der Waals surface area contributed by atoms with E-state index in [2.05, 4.69) is 9.71 Å². The molecule has 7 heteroatoms. The van der Waals surface area contributed by atoms with Crippen molar-refractivity contribution in [1.82, 2.24) is 14.3 Å². The Morgan fingerprint density at radius 1 is 1.47 bits per heavy atom. The summed E-state index contributed by atoms with van der Waals surface area (Å²) in [6.07, 6.45) is 4.81. The third-order valence-corrected chi connectivity index (χ3v) is 4.16. The van der Waals surface area contributed by atoms with E-state index in [9.17, 15) is 8.42 Å². The molecule has 0 radical (unpaired) electrons. The number of nitrogens with one attached hydrogen (secondary N) is 1. The second kappa shape index (κ2) is 5.52. The number of aryl methyl sites for hydroxylation is 1. The second-order valence-corrected chi connectivity index (χ2v) is 5.93. The lowest BCUT2D eigenvalue weighted by Crippen LogP contribution is -2.22. The molecule has 0 bridgehead atoms. The summed E-state index contributed by atoms with van der Waals surface area (Å²) in [6.45, 7) is 0.512. The van der Waals surface area contributed by atoms with Crippen LogP contribution in [0.4, 0.5) is 0 Å². The Morgan fingerprint density at radius 3 is 2.84 bits per heavy atom. The molecule has 0 unspecified atom stereocenters. The van der Waals surface area contributed by atoms with Gasteiger partial charge in [-0.15, -0.1) is 0 Å². The maximum Gasteiger partial charge on any atom is 0.242 e. The van der Waals surface area contributed by atoms with Gasteiger partial charge < -0.3 is 10.3 Å². The van der Waals surface area contributed by atoms with Crippen LogP contribution in [-0.2, 0) is 30.2 Å². The maximum absolute atomic E-state index is 12.1. The molecule has 0 atom stereocenters. The number of aromatic nitrogens is 2. The van der Waals surface area contributed by atoms with Crippen molar-refractivity contribution in [2.45, 2.75) is 18.0 Å². The molecule has 2 rings (SSSR count). The third-order valence-electron chi connectivity index (χ3n) is 2.79. The highest BCUT2D eigenvalue weighted by Gasteiger charge is 2.16. The quantitative estimate of drug-likeness (QED) is 0.827. The van der Waals surface area contributed by atoms with Crippen LogP contribution in [0.15, 0.2) is 41.7 Å². The zero-order chi connectivity index (χ0) is 13.9. The van der Waals surface area contributed by atoms with Crippen molar-refractivity contribution in [1.29, 1.82) is 0 Å². The summed E-state index contributed by atoms with van der Waals surface area (Å²) in [5.41, 5.74) is 7.10. The minimum atomic E-state index is -3.52. The average molecular weight is 280 g/mol. The molecule has 3 N–H and O–H groups in total. The van der Waals surface area contributed by atoms with Crippen LogP contribution in [0.25, 0.3) is 0 Å². The molecular weight excluding hydrogens is 264 g/mol. The fourth-order valence-corrected chi connectivity index (χ4v) is 2.80. The molecule has 2 aromatic rings. The molecule has 0 saturated carbocycles. The first-order valence-electron chi connectivity index (χ1n) is 5.77. The van der Waals surface area contributed by atoms with Crippen LogP contribution in [0.2, 0.25) is 0 Å². The third kappa shape index (κ3) is 3.19. The van der Waals surface area contributed by atoms with Crippen molar-refractivity contribution in [3.05, 3.63) is 48.0 Å². The summed E-state index contributed by atoms with van der Waals surface area (Å²) >= 11 is 0. The van der Waals surface area contributed by atoms with Crippen LogP contribution in [0.1, 0.15) is 11.3 Å². The lowest BCUT2D eigenvalue weighted by molar-refractivity contribution is 0.581. The first-order valence-corrected chi connectivity index (χ1v) is 7.25. The van der Waals surface area contributed by atoms with Gasteiger partial charge in [0.1, 0.15) is 0 Å². The fraction of sp³-hybridized carbons (Fsp3) is 0.250. The largest absolute Gasteiger partial charge is 0.352 e. The molecule has 19 heavy (non-hydrogen) atoms. The van der Waals surface area contributed by atoms with Gasteiger partial charge in [0, 0.05) is 44.4 Å². The number of sulfonamides is 1. The normalized spacial score (nSPS) is 11.7. The van der Waals surface area contributed by atoms with E-state index < -0.39 is 10.0 Å². The number of hydrogen-bond donors (Lipinski definition) is 2. The maximum atomic E-state index is 12.1. The SMILES string of the molecule is Cn1cc(S(=O)(=O)NCc2cccnc2)cc1CN. The highest BCUT2D eigenvalue weighted by molar-refractivity contribution is 7.89. The molecule has 0 aliphatic carbocycles. The Hall–Kier alpha value is -1.70. The van der Waals surface area contributed by atoms with Gasteiger partial charge in [-0.3, -0.25) is 4.98 Å². The molecule has 0 aliphatic rings. The second-order valence-electron chi connectivity index (χ2n) is 4.17. The van der Waals surface area contributed by atoms with Crippen LogP contribution in [-0.4, -0.2) is 18.0 Å². The molecule has 0 spiro atoms. The zero-order valence-corrected chi connectivity index (χ0v) is 11.4. The van der Waals surface area contributed by atoms with Gasteiger partial charge in [-0.05, 0) is 17.7 Å². The Morgan fingerprint density at radius 2 is 2.26 bits per heavy atom. The molecule has 102 valence electrons. The average Bonchev–Trinajstić information content (AvgIpc) is 2.80. The first-order chi connectivity index (χ1) is 9.03. The highest BCUT2D eigenvalue weighted by atomic mass is 32.2.